The van der Waals surface area contributed by atoms with Gasteiger partial charge < -0.3 is 15.7 Å². The van der Waals surface area contributed by atoms with Gasteiger partial charge in [-0.25, -0.2) is 14.8 Å². The monoisotopic (exact) mass is 356 g/mol. The molecule has 128 valence electrons. The van der Waals surface area contributed by atoms with E-state index in [9.17, 15) is 9.59 Å². The minimum Gasteiger partial charge on any atom is -0.478 e. The molecule has 3 N–H and O–H groups in total. The Morgan fingerprint density at radius 3 is 2.20 bits per heavy atom. The predicted octanol–water partition coefficient (Wildman–Crippen LogP) is 2.46. The van der Waals surface area contributed by atoms with Crippen LogP contribution in [0.4, 0.5) is 11.6 Å². The molecule has 1 amide bonds. The van der Waals surface area contributed by atoms with Gasteiger partial charge in [-0.3, -0.25) is 4.79 Å². The van der Waals surface area contributed by atoms with E-state index in [0.29, 0.717) is 16.6 Å². The van der Waals surface area contributed by atoms with E-state index >= 15 is 0 Å². The van der Waals surface area contributed by atoms with Crippen molar-refractivity contribution in [2.75, 3.05) is 10.6 Å². The summed E-state index contributed by atoms with van der Waals surface area (Å²) in [5.41, 5.74) is 2.93. The van der Waals surface area contributed by atoms with Crippen LogP contribution in [-0.4, -0.2) is 31.9 Å². The molecule has 2 aromatic rings. The van der Waals surface area contributed by atoms with Crippen molar-refractivity contribution in [3.63, 3.8) is 0 Å². The van der Waals surface area contributed by atoms with Gasteiger partial charge in [0.15, 0.2) is 0 Å². The third-order valence-corrected chi connectivity index (χ3v) is 3.34. The van der Waals surface area contributed by atoms with E-state index in [-0.39, 0.29) is 0 Å². The molecule has 0 spiro atoms. The third kappa shape index (κ3) is 5.78. The topological polar surface area (TPSA) is 104 Å². The Morgan fingerprint density at radius 2 is 1.64 bits per heavy atom. The Morgan fingerprint density at radius 1 is 1.04 bits per heavy atom. The van der Waals surface area contributed by atoms with Crippen LogP contribution in [0.5, 0.6) is 0 Å². The van der Waals surface area contributed by atoms with Crippen molar-refractivity contribution in [3.8, 4) is 0 Å². The molecule has 0 saturated heterocycles. The molecule has 1 aromatic carbocycles. The molecule has 1 aromatic heterocycles. The fraction of sp³-hybridized carbons (Fsp3) is 0.118. The summed E-state index contributed by atoms with van der Waals surface area (Å²) in [6.07, 6.45) is 1.71. The highest BCUT2D eigenvalue weighted by molar-refractivity contribution is 7.81. The molecule has 0 aliphatic heterocycles. The van der Waals surface area contributed by atoms with Crippen LogP contribution in [0.15, 0.2) is 42.5 Å². The number of hydrogen-bond donors (Lipinski definition) is 3. The SMILES string of the molecule is Cc1cc(C)nc(NC(=S)c2ccc(NC(=O)/C=C/C(=O)O)cc2)n1. The normalized spacial score (nSPS) is 10.5. The van der Waals surface area contributed by atoms with Gasteiger partial charge in [0.05, 0.1) is 0 Å². The minimum absolute atomic E-state index is 0.429. The molecule has 25 heavy (non-hydrogen) atoms. The van der Waals surface area contributed by atoms with Crippen molar-refractivity contribution in [3.05, 3.63) is 59.4 Å². The molecule has 0 fully saturated rings. The number of carboxylic acid groups (broad SMARTS) is 1. The molecular weight excluding hydrogens is 340 g/mol. The fourth-order valence-corrected chi connectivity index (χ4v) is 2.22. The molecule has 0 radical (unpaired) electrons. The highest BCUT2D eigenvalue weighted by Gasteiger charge is 2.06. The second kappa shape index (κ2) is 8.11. The van der Waals surface area contributed by atoms with Crippen LogP contribution < -0.4 is 10.6 Å². The van der Waals surface area contributed by atoms with Gasteiger partial charge in [-0.15, -0.1) is 0 Å². The first-order valence-electron chi connectivity index (χ1n) is 7.29. The number of aliphatic carboxylic acids is 1. The average molecular weight is 356 g/mol. The van der Waals surface area contributed by atoms with E-state index < -0.39 is 11.9 Å². The summed E-state index contributed by atoms with van der Waals surface area (Å²) in [5.74, 6) is -1.28. The number of carboxylic acids is 1. The first-order valence-corrected chi connectivity index (χ1v) is 7.70. The van der Waals surface area contributed by atoms with Crippen molar-refractivity contribution >= 4 is 40.7 Å². The molecule has 0 saturated carbocycles. The van der Waals surface area contributed by atoms with Gasteiger partial charge in [0.25, 0.3) is 0 Å². The molecule has 0 bridgehead atoms. The summed E-state index contributed by atoms with van der Waals surface area (Å²) in [7, 11) is 0. The lowest BCUT2D eigenvalue weighted by Gasteiger charge is -2.09. The van der Waals surface area contributed by atoms with E-state index in [1.54, 1.807) is 24.3 Å². The van der Waals surface area contributed by atoms with Gasteiger partial charge in [-0.1, -0.05) is 12.2 Å². The van der Waals surface area contributed by atoms with Crippen molar-refractivity contribution < 1.29 is 14.7 Å². The van der Waals surface area contributed by atoms with Gasteiger partial charge in [0.2, 0.25) is 11.9 Å². The standard InChI is InChI=1S/C17H16N4O3S/c1-10-9-11(2)19-17(18-10)21-16(25)12-3-5-13(6-4-12)20-14(22)7-8-15(23)24/h3-9H,1-2H3,(H,20,22)(H,23,24)(H,18,19,21,25)/b8-7+. The second-order valence-corrected chi connectivity index (χ2v) is 5.57. The lowest BCUT2D eigenvalue weighted by Crippen LogP contribution is -2.14. The van der Waals surface area contributed by atoms with Gasteiger partial charge in [0, 0.05) is 34.8 Å². The minimum atomic E-state index is -1.18. The van der Waals surface area contributed by atoms with Crippen molar-refractivity contribution in [2.45, 2.75) is 13.8 Å². The zero-order valence-corrected chi connectivity index (χ0v) is 14.4. The number of carbonyl (C=O) groups excluding carboxylic acids is 1. The maximum atomic E-state index is 11.5. The lowest BCUT2D eigenvalue weighted by atomic mass is 10.2. The van der Waals surface area contributed by atoms with Gasteiger partial charge in [0.1, 0.15) is 4.99 Å². The number of anilines is 2. The molecule has 2 rings (SSSR count). The molecule has 1 heterocycles. The fourth-order valence-electron chi connectivity index (χ4n) is 1.99. The van der Waals surface area contributed by atoms with Crippen molar-refractivity contribution in [1.29, 1.82) is 0 Å². The quantitative estimate of drug-likeness (QED) is 0.558. The average Bonchev–Trinajstić information content (AvgIpc) is 2.52. The maximum absolute atomic E-state index is 11.5. The maximum Gasteiger partial charge on any atom is 0.328 e. The van der Waals surface area contributed by atoms with Gasteiger partial charge in [-0.2, -0.15) is 0 Å². The predicted molar refractivity (Wildman–Crippen MR) is 98.7 cm³/mol. The summed E-state index contributed by atoms with van der Waals surface area (Å²) in [5, 5.41) is 14.0. The number of aromatic nitrogens is 2. The molecule has 0 aliphatic carbocycles. The Bertz CT molecular complexity index is 827. The van der Waals surface area contributed by atoms with Crippen LogP contribution >= 0.6 is 12.2 Å². The molecule has 8 heteroatoms. The van der Waals surface area contributed by atoms with Crippen LogP contribution in [0.3, 0.4) is 0 Å². The number of nitrogens with zero attached hydrogens (tertiary/aromatic N) is 2. The Labute approximate surface area is 149 Å². The van der Waals surface area contributed by atoms with Crippen LogP contribution in [0.1, 0.15) is 17.0 Å². The molecule has 0 atom stereocenters. The Kier molecular flexibility index (Phi) is 5.91. The molecule has 0 unspecified atom stereocenters. The van der Waals surface area contributed by atoms with E-state index in [2.05, 4.69) is 20.6 Å². The summed E-state index contributed by atoms with van der Waals surface area (Å²) >= 11 is 5.34. The largest absolute Gasteiger partial charge is 0.478 e. The summed E-state index contributed by atoms with van der Waals surface area (Å²) in [4.78, 5) is 30.9. The van der Waals surface area contributed by atoms with Crippen LogP contribution in [0.2, 0.25) is 0 Å². The van der Waals surface area contributed by atoms with E-state index in [1.165, 1.54) is 0 Å². The zero-order valence-electron chi connectivity index (χ0n) is 13.6. The Hall–Kier alpha value is -3.13. The lowest BCUT2D eigenvalue weighted by molar-refractivity contribution is -0.131. The van der Waals surface area contributed by atoms with Crippen LogP contribution in [-0.2, 0) is 9.59 Å². The number of benzene rings is 1. The number of hydrogen-bond acceptors (Lipinski definition) is 5. The van der Waals surface area contributed by atoms with E-state index in [4.69, 9.17) is 17.3 Å². The number of rotatable bonds is 5. The van der Waals surface area contributed by atoms with E-state index in [0.717, 1.165) is 29.1 Å². The van der Waals surface area contributed by atoms with Gasteiger partial charge in [-0.05, 0) is 44.2 Å². The molecule has 0 aliphatic rings. The molecule has 7 nitrogen and oxygen atoms in total. The number of thiocarbonyl (C=S) groups is 1. The molecular formula is C17H16N4O3S. The van der Waals surface area contributed by atoms with E-state index in [1.807, 2.05) is 19.9 Å². The van der Waals surface area contributed by atoms with Crippen molar-refractivity contribution in [2.24, 2.45) is 0 Å². The number of carbonyl (C=O) groups is 2. The number of nitrogens with one attached hydrogen (secondary N) is 2. The van der Waals surface area contributed by atoms with Gasteiger partial charge >= 0.3 is 5.97 Å². The zero-order chi connectivity index (χ0) is 18.4. The second-order valence-electron chi connectivity index (χ2n) is 5.17. The number of amides is 1. The third-order valence-electron chi connectivity index (χ3n) is 3.00. The highest BCUT2D eigenvalue weighted by atomic mass is 32.1. The summed E-state index contributed by atoms with van der Waals surface area (Å²) < 4.78 is 0. The highest BCUT2D eigenvalue weighted by Crippen LogP contribution is 2.12. The smallest absolute Gasteiger partial charge is 0.328 e. The first kappa shape index (κ1) is 18.2. The van der Waals surface area contributed by atoms with Crippen molar-refractivity contribution in [1.82, 2.24) is 9.97 Å². The summed E-state index contributed by atoms with van der Waals surface area (Å²) in [6, 6.07) is 8.66. The Balaban J connectivity index is 2.02. The summed E-state index contributed by atoms with van der Waals surface area (Å²) in [6.45, 7) is 3.75. The van der Waals surface area contributed by atoms with Crippen LogP contribution in [0, 0.1) is 13.8 Å². The van der Waals surface area contributed by atoms with Crippen LogP contribution in [0.25, 0.3) is 0 Å². The number of aryl methyl sites for hydroxylation is 2. The first-order chi connectivity index (χ1) is 11.8.